The van der Waals surface area contributed by atoms with E-state index in [-0.39, 0.29) is 24.0 Å². The van der Waals surface area contributed by atoms with Gasteiger partial charge in [-0.3, -0.25) is 9.89 Å². The van der Waals surface area contributed by atoms with E-state index in [1.807, 2.05) is 45.6 Å². The van der Waals surface area contributed by atoms with Crippen LogP contribution in [-0.4, -0.2) is 63.3 Å². The summed E-state index contributed by atoms with van der Waals surface area (Å²) in [5.41, 5.74) is 0.953. The topological polar surface area (TPSA) is 78.5 Å². The second-order valence-corrected chi connectivity index (χ2v) is 9.86. The maximum Gasteiger partial charge on any atom is 0.410 e. The van der Waals surface area contributed by atoms with Crippen LogP contribution in [0.15, 0.2) is 6.07 Å². The van der Waals surface area contributed by atoms with Gasteiger partial charge in [-0.05, 0) is 71.8 Å². The van der Waals surface area contributed by atoms with Gasteiger partial charge in [-0.2, -0.15) is 5.10 Å². The second kappa shape index (κ2) is 9.63. The Hall–Kier alpha value is -2.05. The molecule has 1 aromatic rings. The number of amides is 2. The Labute approximate surface area is 175 Å². The number of aromatic nitrogens is 2. The number of aromatic amines is 1. The van der Waals surface area contributed by atoms with E-state index in [1.165, 1.54) is 0 Å². The highest BCUT2D eigenvalue weighted by Gasteiger charge is 2.31. The maximum absolute atomic E-state index is 12.9. The number of carbonyl (C=O) groups excluding carboxylic acids is 2. The Morgan fingerprint density at radius 2 is 2.00 bits per heavy atom. The number of likely N-dealkylation sites (tertiary alicyclic amines) is 1. The molecular weight excluding hydrogens is 368 g/mol. The lowest BCUT2D eigenvalue weighted by Gasteiger charge is -2.37. The Kier molecular flexibility index (Phi) is 7.72. The van der Waals surface area contributed by atoms with E-state index in [2.05, 4.69) is 24.0 Å². The molecule has 0 radical (unpaired) electrons. The summed E-state index contributed by atoms with van der Waals surface area (Å²) in [6.45, 7) is 15.9. The Morgan fingerprint density at radius 3 is 2.59 bits per heavy atom. The van der Waals surface area contributed by atoms with Crippen LogP contribution in [0.1, 0.15) is 77.5 Å². The molecule has 1 saturated heterocycles. The summed E-state index contributed by atoms with van der Waals surface area (Å²) >= 11 is 0. The summed E-state index contributed by atoms with van der Waals surface area (Å²) in [5, 5.41) is 7.21. The number of nitrogens with one attached hydrogen (secondary N) is 1. The molecule has 2 rings (SSSR count). The predicted molar refractivity (Wildman–Crippen MR) is 114 cm³/mol. The first kappa shape index (κ1) is 23.2. The average Bonchev–Trinajstić information content (AvgIpc) is 3.05. The normalized spacial score (nSPS) is 17.7. The maximum atomic E-state index is 12.9. The standard InChI is InChI=1S/C22H38N4O3/c1-15(2)11-18-12-19(24-23-18)20(27)25-10-8-9-17(13-25)14-26(16(3)4)21(28)29-22(5,6)7/h12,15-17H,8-11,13-14H2,1-7H3,(H,23,24). The molecule has 2 amide bonds. The van der Waals surface area contributed by atoms with E-state index < -0.39 is 5.60 Å². The van der Waals surface area contributed by atoms with Gasteiger partial charge in [0.2, 0.25) is 0 Å². The molecule has 164 valence electrons. The Morgan fingerprint density at radius 1 is 1.31 bits per heavy atom. The van der Waals surface area contributed by atoms with E-state index in [9.17, 15) is 9.59 Å². The molecule has 0 spiro atoms. The van der Waals surface area contributed by atoms with Crippen LogP contribution in [0, 0.1) is 11.8 Å². The van der Waals surface area contributed by atoms with Gasteiger partial charge in [0.15, 0.2) is 0 Å². The third kappa shape index (κ3) is 7.05. The van der Waals surface area contributed by atoms with Crippen molar-refractivity contribution in [3.63, 3.8) is 0 Å². The summed E-state index contributed by atoms with van der Waals surface area (Å²) in [6.07, 6.45) is 2.51. The van der Waals surface area contributed by atoms with Crippen molar-refractivity contribution >= 4 is 12.0 Å². The van der Waals surface area contributed by atoms with Crippen LogP contribution in [0.25, 0.3) is 0 Å². The fourth-order valence-electron chi connectivity index (χ4n) is 3.67. The van der Waals surface area contributed by atoms with Crippen LogP contribution in [0.5, 0.6) is 0 Å². The van der Waals surface area contributed by atoms with Gasteiger partial charge in [-0.25, -0.2) is 4.79 Å². The van der Waals surface area contributed by atoms with Crippen LogP contribution in [0.2, 0.25) is 0 Å². The van der Waals surface area contributed by atoms with Gasteiger partial charge in [0.05, 0.1) is 0 Å². The number of piperidine rings is 1. The van der Waals surface area contributed by atoms with E-state index in [1.54, 1.807) is 4.90 Å². The second-order valence-electron chi connectivity index (χ2n) is 9.86. The molecule has 7 heteroatoms. The molecule has 2 heterocycles. The number of hydrogen-bond donors (Lipinski definition) is 1. The van der Waals surface area contributed by atoms with E-state index >= 15 is 0 Å². The fraction of sp³-hybridized carbons (Fsp3) is 0.773. The molecule has 0 aromatic carbocycles. The third-order valence-electron chi connectivity index (χ3n) is 4.99. The summed E-state index contributed by atoms with van der Waals surface area (Å²) in [7, 11) is 0. The average molecular weight is 407 g/mol. The predicted octanol–water partition coefficient (Wildman–Crippen LogP) is 4.11. The summed E-state index contributed by atoms with van der Waals surface area (Å²) in [4.78, 5) is 29.2. The van der Waals surface area contributed by atoms with Crippen molar-refractivity contribution in [1.29, 1.82) is 0 Å². The minimum Gasteiger partial charge on any atom is -0.444 e. The minimum atomic E-state index is -0.521. The Bertz CT molecular complexity index is 690. The summed E-state index contributed by atoms with van der Waals surface area (Å²) in [5.74, 6) is 0.707. The molecule has 1 aromatic heterocycles. The molecule has 29 heavy (non-hydrogen) atoms. The number of ether oxygens (including phenoxy) is 1. The van der Waals surface area contributed by atoms with Gasteiger partial charge < -0.3 is 14.5 Å². The lowest BCUT2D eigenvalue weighted by Crippen LogP contribution is -2.48. The molecule has 0 bridgehead atoms. The molecule has 1 N–H and O–H groups in total. The molecule has 1 aliphatic heterocycles. The van der Waals surface area contributed by atoms with Crippen LogP contribution in [0.3, 0.4) is 0 Å². The number of carbonyl (C=O) groups is 2. The Balaban J connectivity index is 2.00. The van der Waals surface area contributed by atoms with Crippen LogP contribution in [0.4, 0.5) is 4.79 Å². The van der Waals surface area contributed by atoms with Gasteiger partial charge in [-0.1, -0.05) is 13.8 Å². The first-order valence-electron chi connectivity index (χ1n) is 10.8. The van der Waals surface area contributed by atoms with Crippen molar-refractivity contribution in [3.8, 4) is 0 Å². The zero-order valence-corrected chi connectivity index (χ0v) is 19.1. The highest BCUT2D eigenvalue weighted by atomic mass is 16.6. The van der Waals surface area contributed by atoms with Crippen molar-refractivity contribution in [1.82, 2.24) is 20.0 Å². The zero-order chi connectivity index (χ0) is 21.8. The smallest absolute Gasteiger partial charge is 0.410 e. The fourth-order valence-corrected chi connectivity index (χ4v) is 3.67. The van der Waals surface area contributed by atoms with Gasteiger partial charge >= 0.3 is 6.09 Å². The molecule has 0 saturated carbocycles. The van der Waals surface area contributed by atoms with E-state index in [0.717, 1.165) is 31.5 Å². The largest absolute Gasteiger partial charge is 0.444 e. The van der Waals surface area contributed by atoms with Crippen molar-refractivity contribution in [2.45, 2.75) is 79.4 Å². The van der Waals surface area contributed by atoms with Gasteiger partial charge in [-0.15, -0.1) is 0 Å². The SMILES string of the molecule is CC(C)Cc1cc(C(=O)N2CCCC(CN(C(=O)OC(C)(C)C)C(C)C)C2)n[nH]1. The van der Waals surface area contributed by atoms with Crippen LogP contribution >= 0.6 is 0 Å². The summed E-state index contributed by atoms with van der Waals surface area (Å²) < 4.78 is 5.57. The lowest BCUT2D eigenvalue weighted by atomic mass is 9.96. The zero-order valence-electron chi connectivity index (χ0n) is 19.1. The quantitative estimate of drug-likeness (QED) is 0.771. The van der Waals surface area contributed by atoms with E-state index in [0.29, 0.717) is 24.7 Å². The highest BCUT2D eigenvalue weighted by molar-refractivity contribution is 5.92. The first-order valence-corrected chi connectivity index (χ1v) is 10.8. The number of rotatable bonds is 6. The molecule has 1 atom stereocenters. The van der Waals surface area contributed by atoms with Gasteiger partial charge in [0, 0.05) is 31.4 Å². The van der Waals surface area contributed by atoms with Gasteiger partial charge in [0.1, 0.15) is 11.3 Å². The molecular formula is C22H38N4O3. The van der Waals surface area contributed by atoms with Crippen LogP contribution < -0.4 is 0 Å². The number of H-pyrrole nitrogens is 1. The molecule has 1 unspecified atom stereocenters. The summed E-state index contributed by atoms with van der Waals surface area (Å²) in [6, 6.07) is 1.91. The highest BCUT2D eigenvalue weighted by Crippen LogP contribution is 2.22. The minimum absolute atomic E-state index is 0.0330. The molecule has 0 aliphatic carbocycles. The molecule has 1 aliphatic rings. The van der Waals surface area contributed by atoms with Crippen molar-refractivity contribution < 1.29 is 14.3 Å². The van der Waals surface area contributed by atoms with Crippen molar-refractivity contribution in [2.24, 2.45) is 11.8 Å². The lowest BCUT2D eigenvalue weighted by molar-refractivity contribution is 0.0123. The monoisotopic (exact) mass is 406 g/mol. The van der Waals surface area contributed by atoms with Crippen LogP contribution in [-0.2, 0) is 11.2 Å². The number of hydrogen-bond acceptors (Lipinski definition) is 4. The first-order chi connectivity index (χ1) is 13.5. The third-order valence-corrected chi connectivity index (χ3v) is 4.99. The van der Waals surface area contributed by atoms with Crippen molar-refractivity contribution in [3.05, 3.63) is 17.5 Å². The molecule has 1 fully saturated rings. The van der Waals surface area contributed by atoms with E-state index in [4.69, 9.17) is 4.74 Å². The molecule has 7 nitrogen and oxygen atoms in total. The number of nitrogens with zero attached hydrogens (tertiary/aromatic N) is 3. The van der Waals surface area contributed by atoms with Crippen molar-refractivity contribution in [2.75, 3.05) is 19.6 Å². The van der Waals surface area contributed by atoms with Gasteiger partial charge in [0.25, 0.3) is 5.91 Å².